The van der Waals surface area contributed by atoms with Crippen molar-refractivity contribution in [2.75, 3.05) is 19.7 Å². The fraction of sp³-hybridized carbons (Fsp3) is 0.455. The Morgan fingerprint density at radius 2 is 2.05 bits per heavy atom. The number of nitrogens with one attached hydrogen (secondary N) is 1. The number of hydrogen-bond acceptors (Lipinski definition) is 5. The number of ether oxygens (including phenoxy) is 1. The summed E-state index contributed by atoms with van der Waals surface area (Å²) < 4.78 is 30.1. The van der Waals surface area contributed by atoms with Gasteiger partial charge in [-0.15, -0.1) is 0 Å². The number of carbonyl (C=O) groups is 1. The summed E-state index contributed by atoms with van der Waals surface area (Å²) in [7, 11) is -3.82. The van der Waals surface area contributed by atoms with E-state index in [9.17, 15) is 18.0 Å². The van der Waals surface area contributed by atoms with Crippen LogP contribution in [0.5, 0.6) is 0 Å². The Bertz CT molecular complexity index is 573. The Labute approximate surface area is 111 Å². The van der Waals surface area contributed by atoms with Crippen LogP contribution in [-0.2, 0) is 19.6 Å². The number of hydrogen-bond donors (Lipinski definition) is 1. The van der Waals surface area contributed by atoms with E-state index in [4.69, 9.17) is 4.74 Å². The summed E-state index contributed by atoms with van der Waals surface area (Å²) >= 11 is 0. The second kappa shape index (κ2) is 6.48. The number of H-pyrrole nitrogens is 1. The van der Waals surface area contributed by atoms with Crippen LogP contribution in [0, 0.1) is 0 Å². The first-order valence-corrected chi connectivity index (χ1v) is 7.20. The van der Waals surface area contributed by atoms with Gasteiger partial charge in [0.2, 0.25) is 15.6 Å². The normalized spacial score (nSPS) is 11.5. The molecule has 0 aliphatic heterocycles. The first-order valence-electron chi connectivity index (χ1n) is 5.76. The molecular formula is C11H16N2O5S. The molecule has 0 atom stereocenters. The van der Waals surface area contributed by atoms with Gasteiger partial charge in [0, 0.05) is 18.8 Å². The SMILES string of the molecule is CCOC(=O)CN(CC)S(=O)(=O)c1ccc(=O)[nH]c1. The maximum atomic E-state index is 12.2. The van der Waals surface area contributed by atoms with E-state index in [-0.39, 0.29) is 24.6 Å². The Kier molecular flexibility index (Phi) is 5.25. The van der Waals surface area contributed by atoms with Crippen molar-refractivity contribution in [1.82, 2.24) is 9.29 Å². The number of carbonyl (C=O) groups excluding carboxylic acids is 1. The molecule has 1 rings (SSSR count). The zero-order valence-corrected chi connectivity index (χ0v) is 11.6. The van der Waals surface area contributed by atoms with E-state index in [1.54, 1.807) is 13.8 Å². The van der Waals surface area contributed by atoms with E-state index >= 15 is 0 Å². The first-order chi connectivity index (χ1) is 8.91. The van der Waals surface area contributed by atoms with Gasteiger partial charge in [-0.05, 0) is 13.0 Å². The number of pyridine rings is 1. The molecule has 1 heterocycles. The van der Waals surface area contributed by atoms with E-state index in [1.165, 1.54) is 6.07 Å². The van der Waals surface area contributed by atoms with Crippen molar-refractivity contribution in [1.29, 1.82) is 0 Å². The average molecular weight is 288 g/mol. The summed E-state index contributed by atoms with van der Waals surface area (Å²) in [6, 6.07) is 2.31. The molecule has 0 unspecified atom stereocenters. The molecule has 7 nitrogen and oxygen atoms in total. The Hall–Kier alpha value is -1.67. The lowest BCUT2D eigenvalue weighted by molar-refractivity contribution is -0.143. The minimum absolute atomic E-state index is 0.0711. The highest BCUT2D eigenvalue weighted by Gasteiger charge is 2.25. The van der Waals surface area contributed by atoms with Crippen molar-refractivity contribution in [2.45, 2.75) is 18.7 Å². The van der Waals surface area contributed by atoms with E-state index in [0.717, 1.165) is 16.6 Å². The molecule has 1 aromatic rings. The van der Waals surface area contributed by atoms with Crippen molar-refractivity contribution in [3.05, 3.63) is 28.7 Å². The molecule has 0 aliphatic rings. The fourth-order valence-electron chi connectivity index (χ4n) is 1.42. The predicted molar refractivity (Wildman–Crippen MR) is 68.1 cm³/mol. The molecule has 0 aromatic carbocycles. The molecule has 0 amide bonds. The topological polar surface area (TPSA) is 96.5 Å². The molecule has 1 aromatic heterocycles. The van der Waals surface area contributed by atoms with E-state index in [2.05, 4.69) is 4.98 Å². The largest absolute Gasteiger partial charge is 0.465 e. The summed E-state index contributed by atoms with van der Waals surface area (Å²) in [5.41, 5.74) is -0.396. The van der Waals surface area contributed by atoms with Crippen LogP contribution in [0.1, 0.15) is 13.8 Å². The van der Waals surface area contributed by atoms with Gasteiger partial charge in [-0.2, -0.15) is 4.31 Å². The lowest BCUT2D eigenvalue weighted by Gasteiger charge is -2.19. The van der Waals surface area contributed by atoms with Gasteiger partial charge in [0.05, 0.1) is 11.5 Å². The lowest BCUT2D eigenvalue weighted by Crippen LogP contribution is -2.36. The summed E-state index contributed by atoms with van der Waals surface area (Å²) in [5, 5.41) is 0. The summed E-state index contributed by atoms with van der Waals surface area (Å²) in [4.78, 5) is 24.5. The summed E-state index contributed by atoms with van der Waals surface area (Å²) in [5.74, 6) is -0.614. The highest BCUT2D eigenvalue weighted by Crippen LogP contribution is 2.12. The van der Waals surface area contributed by atoms with Crippen LogP contribution in [0.15, 0.2) is 28.0 Å². The number of aromatic amines is 1. The number of rotatable bonds is 6. The number of likely N-dealkylation sites (N-methyl/N-ethyl adjacent to an activating group) is 1. The fourth-order valence-corrected chi connectivity index (χ4v) is 2.78. The third-order valence-corrected chi connectivity index (χ3v) is 4.27. The molecule has 106 valence electrons. The van der Waals surface area contributed by atoms with Gasteiger partial charge >= 0.3 is 5.97 Å². The van der Waals surface area contributed by atoms with Crippen LogP contribution in [0.25, 0.3) is 0 Å². The average Bonchev–Trinajstić information content (AvgIpc) is 2.36. The van der Waals surface area contributed by atoms with Gasteiger partial charge in [0.1, 0.15) is 6.54 Å². The quantitative estimate of drug-likeness (QED) is 0.740. The van der Waals surface area contributed by atoms with Crippen molar-refractivity contribution in [2.24, 2.45) is 0 Å². The van der Waals surface area contributed by atoms with Gasteiger partial charge in [-0.25, -0.2) is 8.42 Å². The number of aromatic nitrogens is 1. The minimum atomic E-state index is -3.82. The van der Waals surface area contributed by atoms with E-state index in [1.807, 2.05) is 0 Å². The van der Waals surface area contributed by atoms with Crippen LogP contribution in [0.3, 0.4) is 0 Å². The van der Waals surface area contributed by atoms with Gasteiger partial charge in [0.25, 0.3) is 0 Å². The van der Waals surface area contributed by atoms with Gasteiger partial charge in [-0.3, -0.25) is 9.59 Å². The second-order valence-electron chi connectivity index (χ2n) is 3.62. The van der Waals surface area contributed by atoms with Crippen LogP contribution in [0.2, 0.25) is 0 Å². The molecule has 19 heavy (non-hydrogen) atoms. The van der Waals surface area contributed by atoms with Crippen LogP contribution >= 0.6 is 0 Å². The molecule has 0 bridgehead atoms. The van der Waals surface area contributed by atoms with Crippen LogP contribution in [-0.4, -0.2) is 43.4 Å². The Morgan fingerprint density at radius 3 is 2.53 bits per heavy atom. The summed E-state index contributed by atoms with van der Waals surface area (Å²) in [6.07, 6.45) is 1.10. The molecule has 0 radical (unpaired) electrons. The zero-order valence-electron chi connectivity index (χ0n) is 10.8. The summed E-state index contributed by atoms with van der Waals surface area (Å²) in [6.45, 7) is 3.22. The number of sulfonamides is 1. The Balaban J connectivity index is 2.98. The van der Waals surface area contributed by atoms with Gasteiger partial charge < -0.3 is 9.72 Å². The molecule has 0 fully saturated rings. The number of esters is 1. The first kappa shape index (κ1) is 15.4. The monoisotopic (exact) mass is 288 g/mol. The number of nitrogens with zero attached hydrogens (tertiary/aromatic N) is 1. The van der Waals surface area contributed by atoms with Crippen LogP contribution in [0.4, 0.5) is 0 Å². The smallest absolute Gasteiger partial charge is 0.321 e. The van der Waals surface area contributed by atoms with Gasteiger partial charge in [-0.1, -0.05) is 6.92 Å². The van der Waals surface area contributed by atoms with Crippen molar-refractivity contribution in [3.8, 4) is 0 Å². The molecule has 0 spiro atoms. The maximum absolute atomic E-state index is 12.2. The van der Waals surface area contributed by atoms with E-state index in [0.29, 0.717) is 0 Å². The molecule has 0 saturated heterocycles. The minimum Gasteiger partial charge on any atom is -0.465 e. The molecule has 8 heteroatoms. The lowest BCUT2D eigenvalue weighted by atomic mass is 10.5. The highest BCUT2D eigenvalue weighted by atomic mass is 32.2. The molecule has 1 N–H and O–H groups in total. The third kappa shape index (κ3) is 3.90. The van der Waals surface area contributed by atoms with Crippen molar-refractivity contribution in [3.63, 3.8) is 0 Å². The van der Waals surface area contributed by atoms with Crippen molar-refractivity contribution >= 4 is 16.0 Å². The molecule has 0 saturated carbocycles. The van der Waals surface area contributed by atoms with Crippen LogP contribution < -0.4 is 5.56 Å². The Morgan fingerprint density at radius 1 is 1.37 bits per heavy atom. The van der Waals surface area contributed by atoms with E-state index < -0.39 is 21.6 Å². The predicted octanol–water partition coefficient (Wildman–Crippen LogP) is -0.0514. The third-order valence-electron chi connectivity index (χ3n) is 2.36. The highest BCUT2D eigenvalue weighted by molar-refractivity contribution is 7.89. The maximum Gasteiger partial charge on any atom is 0.321 e. The van der Waals surface area contributed by atoms with Crippen molar-refractivity contribution < 1.29 is 17.9 Å². The molecular weight excluding hydrogens is 272 g/mol. The molecule has 0 aliphatic carbocycles. The standard InChI is InChI=1S/C11H16N2O5S/c1-3-13(8-11(15)18-4-2)19(16,17)9-5-6-10(14)12-7-9/h5-7H,3-4,8H2,1-2H3,(H,12,14). The second-order valence-corrected chi connectivity index (χ2v) is 5.56. The zero-order chi connectivity index (χ0) is 14.5. The van der Waals surface area contributed by atoms with Gasteiger partial charge in [0.15, 0.2) is 0 Å².